The van der Waals surface area contributed by atoms with Gasteiger partial charge >= 0.3 is 44.8 Å². The van der Waals surface area contributed by atoms with Gasteiger partial charge in [0, 0.05) is 0 Å². The minimum atomic E-state index is -1.07. The number of rotatable bonds is 7. The topological polar surface area (TPSA) is 0 Å². The molecule has 0 aromatic heterocycles. The van der Waals surface area contributed by atoms with E-state index in [2.05, 4.69) is 270 Å². The number of benzene rings is 12. The molecule has 0 amide bonds. The minimum absolute atomic E-state index is 0. The minimum Gasteiger partial charge on any atom is -0.366 e. The zero-order valence-electron chi connectivity index (χ0n) is 41.9. The smallest absolute Gasteiger partial charge is 0.366 e. The van der Waals surface area contributed by atoms with E-state index in [-0.39, 0.29) is 55.1 Å². The molecular formula is C70H56Au2P2+2. The Morgan fingerprint density at radius 3 is 0.811 bits per heavy atom. The quantitative estimate of drug-likeness (QED) is 0.0490. The van der Waals surface area contributed by atoms with E-state index in [1.54, 1.807) is 0 Å². The second-order valence-corrected chi connectivity index (χ2v) is 25.7. The van der Waals surface area contributed by atoms with Crippen molar-refractivity contribution in [2.24, 2.45) is 0 Å². The third-order valence-electron chi connectivity index (χ3n) is 14.9. The van der Waals surface area contributed by atoms with Crippen LogP contribution in [0.2, 0.25) is 0 Å². The Labute approximate surface area is 471 Å². The summed E-state index contributed by atoms with van der Waals surface area (Å²) in [4.78, 5) is 0. The van der Waals surface area contributed by atoms with Crippen molar-refractivity contribution in [3.63, 3.8) is 0 Å². The van der Waals surface area contributed by atoms with Crippen LogP contribution < -0.4 is 21.2 Å². The number of hydrogen-bond acceptors (Lipinski definition) is 0. The summed E-state index contributed by atoms with van der Waals surface area (Å²) in [6.45, 7) is 10.1. The molecular weight excluding hydrogens is 1300 g/mol. The van der Waals surface area contributed by atoms with Gasteiger partial charge in [0.1, 0.15) is 10.3 Å². The van der Waals surface area contributed by atoms with Crippen LogP contribution in [0.4, 0.5) is 0 Å². The van der Waals surface area contributed by atoms with Crippen LogP contribution in [-0.4, -0.2) is 10.3 Å². The molecule has 0 saturated carbocycles. The summed E-state index contributed by atoms with van der Waals surface area (Å²) < 4.78 is 0. The summed E-state index contributed by atoms with van der Waals surface area (Å²) in [6, 6.07) is 90.9. The third-order valence-corrected chi connectivity index (χ3v) is 22.5. The summed E-state index contributed by atoms with van der Waals surface area (Å²) >= 11 is 0. The first-order valence-electron chi connectivity index (χ1n) is 24.7. The van der Waals surface area contributed by atoms with E-state index in [1.165, 1.54) is 75.1 Å². The maximum Gasteiger partial charge on any atom is 1.00 e. The van der Waals surface area contributed by atoms with Crippen molar-refractivity contribution in [3.8, 4) is 11.8 Å². The van der Waals surface area contributed by atoms with Gasteiger partial charge in [-0.3, -0.25) is 11.8 Å². The van der Waals surface area contributed by atoms with Crippen LogP contribution in [0.3, 0.4) is 0 Å². The van der Waals surface area contributed by atoms with Crippen molar-refractivity contribution in [3.05, 3.63) is 279 Å². The summed E-state index contributed by atoms with van der Waals surface area (Å²) in [5, 5.41) is 20.5. The summed E-state index contributed by atoms with van der Waals surface area (Å²) in [7, 11) is -2.13. The van der Waals surface area contributed by atoms with Gasteiger partial charge in [-0.05, 0) is 130 Å². The first-order valence-corrected chi connectivity index (χ1v) is 27.7. The fourth-order valence-corrected chi connectivity index (χ4v) is 18.4. The normalized spacial score (nSPS) is 11.2. The maximum absolute atomic E-state index is 7.56. The first kappa shape index (κ1) is 53.9. The van der Waals surface area contributed by atoms with E-state index in [0.29, 0.717) is 0 Å². The Kier molecular flexibility index (Phi) is 17.4. The van der Waals surface area contributed by atoms with Crippen LogP contribution in [-0.2, 0) is 44.8 Å². The van der Waals surface area contributed by atoms with Gasteiger partial charge < -0.3 is 12.8 Å². The molecule has 0 N–H and O–H groups in total. The van der Waals surface area contributed by atoms with Crippen molar-refractivity contribution in [2.75, 3.05) is 0 Å². The molecule has 74 heavy (non-hydrogen) atoms. The van der Waals surface area contributed by atoms with Gasteiger partial charge in [0.2, 0.25) is 0 Å². The van der Waals surface area contributed by atoms with E-state index >= 15 is 0 Å². The molecule has 12 rings (SSSR count). The van der Waals surface area contributed by atoms with E-state index in [0.717, 1.165) is 21.9 Å². The average molecular weight is 1350 g/mol. The Morgan fingerprint density at radius 2 is 0.514 bits per heavy atom. The van der Waals surface area contributed by atoms with E-state index < -0.39 is 15.8 Å². The van der Waals surface area contributed by atoms with Gasteiger partial charge in [-0.25, -0.2) is 0 Å². The van der Waals surface area contributed by atoms with Crippen molar-refractivity contribution >= 4 is 102 Å². The molecule has 0 aliphatic carbocycles. The average Bonchev–Trinajstić information content (AvgIpc) is 3.44. The van der Waals surface area contributed by atoms with Crippen LogP contribution in [0.1, 0.15) is 38.8 Å². The molecule has 0 fully saturated rings. The molecule has 0 aliphatic heterocycles. The molecule has 0 unspecified atom stereocenters. The second kappa shape index (κ2) is 23.9. The standard InChI is InChI=1S/C30H32P2.2C20H11.2Au/c1-29(2,31(25-17-9-5-10-18-25)26-19-11-6-12-20-26)30(3,4)32(27-21-13-7-14-22-27)28-23-15-8-16-24-28;2*1-2-14-13-20-17-9-4-3-7-15(17)11-12-19(20)18-10-6-5-8-16(14)18;;/h5-24H,1-4H3;2*3-13H;;/q;2*-1;2*+1/p+2. The molecule has 4 heteroatoms. The molecule has 0 heterocycles. The zero-order chi connectivity index (χ0) is 49.7. The van der Waals surface area contributed by atoms with E-state index in [1.807, 2.05) is 24.3 Å². The van der Waals surface area contributed by atoms with Crippen molar-refractivity contribution in [1.29, 1.82) is 0 Å². The first-order chi connectivity index (χ1) is 35.2. The van der Waals surface area contributed by atoms with Crippen molar-refractivity contribution in [2.45, 2.75) is 38.0 Å². The molecule has 12 aromatic carbocycles. The second-order valence-electron chi connectivity index (χ2n) is 19.4. The van der Waals surface area contributed by atoms with Gasteiger partial charge in [-0.2, -0.15) is 0 Å². The van der Waals surface area contributed by atoms with Gasteiger partial charge in [-0.15, -0.1) is 23.3 Å². The predicted molar refractivity (Wildman–Crippen MR) is 319 cm³/mol. The number of fused-ring (bicyclic) bond motifs is 10. The molecule has 0 aliphatic rings. The molecule has 366 valence electrons. The van der Waals surface area contributed by atoms with Crippen molar-refractivity contribution < 1.29 is 44.8 Å². The van der Waals surface area contributed by atoms with Gasteiger partial charge in [0.05, 0.1) is 37.1 Å². The third kappa shape index (κ3) is 10.6. The van der Waals surface area contributed by atoms with Crippen LogP contribution in [0, 0.1) is 24.7 Å². The van der Waals surface area contributed by atoms with Gasteiger partial charge in [0.15, 0.2) is 0 Å². The van der Waals surface area contributed by atoms with Crippen LogP contribution in [0.25, 0.3) is 64.6 Å². The SMILES string of the molecule is CC(C)([PH+](c1ccccc1)c1ccccc1)C(C)(C)[PH+](c1ccccc1)c1ccccc1.[Au+].[Au+].[C-]#Cc1cc2c3ccccc3ccc2c2ccccc12.[C-]#Cc1cc2c3ccccc3ccc2c2ccccc12. The van der Waals surface area contributed by atoms with Gasteiger partial charge in [0.25, 0.3) is 0 Å². The number of hydrogen-bond donors (Lipinski definition) is 0. The Hall–Kier alpha value is -6.34. The van der Waals surface area contributed by atoms with E-state index in [4.69, 9.17) is 12.8 Å². The van der Waals surface area contributed by atoms with Crippen LogP contribution >= 0.6 is 15.8 Å². The molecule has 0 saturated heterocycles. The molecule has 0 radical (unpaired) electrons. The fourth-order valence-electron chi connectivity index (χ4n) is 10.7. The van der Waals surface area contributed by atoms with Crippen LogP contribution in [0.15, 0.2) is 255 Å². The van der Waals surface area contributed by atoms with Gasteiger partial charge in [-0.1, -0.05) is 205 Å². The molecule has 0 spiro atoms. The summed E-state index contributed by atoms with van der Waals surface area (Å²) in [6.07, 6.45) is 15.1. The van der Waals surface area contributed by atoms with E-state index in [9.17, 15) is 0 Å². The zero-order valence-corrected chi connectivity index (χ0v) is 48.2. The summed E-state index contributed by atoms with van der Waals surface area (Å²) in [5.41, 5.74) is 1.70. The largest absolute Gasteiger partial charge is 1.00 e. The monoisotopic (exact) mass is 1350 g/mol. The molecule has 0 nitrogen and oxygen atoms in total. The van der Waals surface area contributed by atoms with Crippen LogP contribution in [0.5, 0.6) is 0 Å². The summed E-state index contributed by atoms with van der Waals surface area (Å²) in [5.74, 6) is 5.15. The Balaban J connectivity index is 0.000000152. The van der Waals surface area contributed by atoms with Crippen molar-refractivity contribution in [1.82, 2.24) is 0 Å². The predicted octanol–water partition coefficient (Wildman–Crippen LogP) is 16.4. The maximum atomic E-state index is 7.56. The Bertz CT molecular complexity index is 3610. The molecule has 0 atom stereocenters. The fraction of sp³-hybridized carbons (Fsp3) is 0.0857. The Morgan fingerprint density at radius 1 is 0.270 bits per heavy atom. The molecule has 12 aromatic rings. The molecule has 0 bridgehead atoms.